The number of aliphatic imine (C=N–C) groups is 1. The van der Waals surface area contributed by atoms with Crippen LogP contribution in [-0.4, -0.2) is 17.2 Å². The third-order valence-electron chi connectivity index (χ3n) is 6.76. The fourth-order valence-electron chi connectivity index (χ4n) is 4.48. The second-order valence-corrected chi connectivity index (χ2v) is 9.71. The van der Waals surface area contributed by atoms with E-state index in [9.17, 15) is 4.79 Å². The van der Waals surface area contributed by atoms with Gasteiger partial charge in [0.05, 0.1) is 11.5 Å². The molecule has 170 valence electrons. The van der Waals surface area contributed by atoms with Crippen LogP contribution < -0.4 is 5.32 Å². The van der Waals surface area contributed by atoms with Crippen molar-refractivity contribution in [3.05, 3.63) is 58.8 Å². The Morgan fingerprint density at radius 1 is 1.19 bits per heavy atom. The molecule has 0 heterocycles. The van der Waals surface area contributed by atoms with E-state index < -0.39 is 0 Å². The molecule has 1 N–H and O–H groups in total. The van der Waals surface area contributed by atoms with E-state index in [4.69, 9.17) is 4.99 Å². The number of nitrogens with zero attached hydrogens (tertiary/aromatic N) is 1. The molecular formula is C28H42N2O. The zero-order valence-electron chi connectivity index (χ0n) is 20.8. The number of rotatable bonds is 9. The summed E-state index contributed by atoms with van der Waals surface area (Å²) in [5.74, 6) is 1.67. The van der Waals surface area contributed by atoms with Gasteiger partial charge in [-0.15, -0.1) is 0 Å². The molecule has 2 rings (SSSR count). The number of carbonyl (C=O) groups excluding carboxylic acids is 1. The lowest BCUT2D eigenvalue weighted by Gasteiger charge is -2.32. The molecular weight excluding hydrogens is 380 g/mol. The van der Waals surface area contributed by atoms with Crippen LogP contribution in [0.5, 0.6) is 0 Å². The highest BCUT2D eigenvalue weighted by Gasteiger charge is 2.30. The van der Waals surface area contributed by atoms with Crippen molar-refractivity contribution < 1.29 is 4.79 Å². The van der Waals surface area contributed by atoms with Crippen molar-refractivity contribution >= 4 is 11.6 Å². The highest BCUT2D eigenvalue weighted by Crippen LogP contribution is 2.31. The van der Waals surface area contributed by atoms with E-state index in [1.54, 1.807) is 0 Å². The van der Waals surface area contributed by atoms with E-state index in [2.05, 4.69) is 77.7 Å². The van der Waals surface area contributed by atoms with Gasteiger partial charge in [-0.1, -0.05) is 64.1 Å². The first-order valence-corrected chi connectivity index (χ1v) is 11.9. The Hall–Kier alpha value is -2.16. The number of hydrogen-bond donors (Lipinski definition) is 1. The molecule has 31 heavy (non-hydrogen) atoms. The predicted octanol–water partition coefficient (Wildman–Crippen LogP) is 6.96. The van der Waals surface area contributed by atoms with Crippen molar-refractivity contribution in [2.24, 2.45) is 16.8 Å². The minimum absolute atomic E-state index is 0.0723. The average molecular weight is 423 g/mol. The highest BCUT2D eigenvalue weighted by molar-refractivity contribution is 5.92. The molecule has 1 aromatic rings. The third kappa shape index (κ3) is 6.66. The number of ketones is 1. The maximum atomic E-state index is 12.5. The Morgan fingerprint density at radius 3 is 2.35 bits per heavy atom. The number of benzene rings is 1. The highest BCUT2D eigenvalue weighted by atomic mass is 16.1. The van der Waals surface area contributed by atoms with Gasteiger partial charge >= 0.3 is 0 Å². The summed E-state index contributed by atoms with van der Waals surface area (Å²) in [6.07, 6.45) is 5.29. The van der Waals surface area contributed by atoms with Crippen LogP contribution >= 0.6 is 0 Å². The van der Waals surface area contributed by atoms with Gasteiger partial charge in [-0.05, 0) is 69.1 Å². The average Bonchev–Trinajstić information content (AvgIpc) is 2.73. The Kier molecular flexibility index (Phi) is 8.85. The van der Waals surface area contributed by atoms with Gasteiger partial charge in [0, 0.05) is 18.5 Å². The number of hydrogen-bond acceptors (Lipinski definition) is 2. The molecule has 1 unspecified atom stereocenters. The van der Waals surface area contributed by atoms with Gasteiger partial charge in [-0.3, -0.25) is 9.79 Å². The molecule has 0 spiro atoms. The van der Waals surface area contributed by atoms with E-state index in [1.807, 2.05) is 6.92 Å². The van der Waals surface area contributed by atoms with Crippen LogP contribution in [0.1, 0.15) is 84.8 Å². The first-order valence-electron chi connectivity index (χ1n) is 11.9. The maximum Gasteiger partial charge on any atom is 0.145 e. The number of aryl methyl sites for hydroxylation is 2. The Bertz CT molecular complexity index is 838. The molecule has 1 aromatic carbocycles. The first-order chi connectivity index (χ1) is 14.6. The molecule has 1 aliphatic rings. The van der Waals surface area contributed by atoms with Gasteiger partial charge < -0.3 is 5.32 Å². The van der Waals surface area contributed by atoms with Crippen molar-refractivity contribution in [2.75, 3.05) is 0 Å². The number of allylic oxidation sites excluding steroid dienone is 3. The summed E-state index contributed by atoms with van der Waals surface area (Å²) in [5, 5.41) is 3.64. The van der Waals surface area contributed by atoms with Crippen LogP contribution in [0.4, 0.5) is 0 Å². The summed E-state index contributed by atoms with van der Waals surface area (Å²) >= 11 is 0. The summed E-state index contributed by atoms with van der Waals surface area (Å²) in [6.45, 7) is 19.3. The van der Waals surface area contributed by atoms with E-state index in [0.717, 1.165) is 54.8 Å². The molecule has 3 nitrogen and oxygen atoms in total. The molecule has 0 saturated heterocycles. The zero-order valence-corrected chi connectivity index (χ0v) is 20.8. The Morgan fingerprint density at radius 2 is 1.81 bits per heavy atom. The predicted molar refractivity (Wildman–Crippen MR) is 133 cm³/mol. The summed E-state index contributed by atoms with van der Waals surface area (Å²) in [5.41, 5.74) is 5.52. The summed E-state index contributed by atoms with van der Waals surface area (Å²) in [6, 6.07) is 8.73. The second kappa shape index (κ2) is 10.9. The Labute approximate surface area is 190 Å². The lowest BCUT2D eigenvalue weighted by molar-refractivity contribution is -0.121. The molecule has 0 radical (unpaired) electrons. The maximum absolute atomic E-state index is 12.5. The molecule has 3 heteroatoms. The summed E-state index contributed by atoms with van der Waals surface area (Å²) < 4.78 is 0. The monoisotopic (exact) mass is 422 g/mol. The van der Waals surface area contributed by atoms with Gasteiger partial charge in [0.15, 0.2) is 0 Å². The molecule has 1 atom stereocenters. The van der Waals surface area contributed by atoms with Crippen LogP contribution in [0.15, 0.2) is 52.7 Å². The molecule has 0 aliphatic heterocycles. The van der Waals surface area contributed by atoms with Gasteiger partial charge in [-0.25, -0.2) is 0 Å². The van der Waals surface area contributed by atoms with Crippen molar-refractivity contribution in [1.29, 1.82) is 0 Å². The molecule has 0 saturated carbocycles. The van der Waals surface area contributed by atoms with Crippen molar-refractivity contribution in [2.45, 2.75) is 92.5 Å². The topological polar surface area (TPSA) is 41.5 Å². The van der Waals surface area contributed by atoms with Crippen molar-refractivity contribution in [1.82, 2.24) is 5.32 Å². The van der Waals surface area contributed by atoms with Gasteiger partial charge in [0.2, 0.25) is 0 Å². The van der Waals surface area contributed by atoms with Crippen molar-refractivity contribution in [3.63, 3.8) is 0 Å². The van der Waals surface area contributed by atoms with Crippen LogP contribution in [-0.2, 0) is 11.2 Å². The largest absolute Gasteiger partial charge is 0.347 e. The fraction of sp³-hybridized carbons (Fsp3) is 0.571. The quantitative estimate of drug-likeness (QED) is 0.345. The van der Waals surface area contributed by atoms with Crippen LogP contribution in [0, 0.1) is 18.8 Å². The fourth-order valence-corrected chi connectivity index (χ4v) is 4.48. The third-order valence-corrected chi connectivity index (χ3v) is 6.76. The van der Waals surface area contributed by atoms with Crippen molar-refractivity contribution in [3.8, 4) is 0 Å². The molecule has 0 bridgehead atoms. The SMILES string of the molecule is C=C1CC(=O)C(C)C(NC(CCc2ccc(C)cc2)=NC(CC)(CC)CC(C)C)=C1C. The van der Waals surface area contributed by atoms with E-state index in [-0.39, 0.29) is 17.2 Å². The first kappa shape index (κ1) is 25.1. The number of nitrogens with one attached hydrogen (secondary N) is 1. The molecule has 0 amide bonds. The summed E-state index contributed by atoms with van der Waals surface area (Å²) in [7, 11) is 0. The van der Waals surface area contributed by atoms with Crippen LogP contribution in [0.25, 0.3) is 0 Å². The lowest BCUT2D eigenvalue weighted by atomic mass is 9.84. The standard InChI is InChI=1S/C28H42N2O/c1-9-28(10-2,18-19(3)4)30-26(16-15-24-13-11-20(5)12-14-24)29-27-22(7)21(6)17-25(31)23(27)8/h11-14,19,23H,6,9-10,15-18H2,1-5,7-8H3,(H,29,30). The lowest BCUT2D eigenvalue weighted by Crippen LogP contribution is -2.37. The minimum Gasteiger partial charge on any atom is -0.347 e. The second-order valence-electron chi connectivity index (χ2n) is 9.71. The molecule has 0 fully saturated rings. The van der Waals surface area contributed by atoms with Gasteiger partial charge in [-0.2, -0.15) is 0 Å². The van der Waals surface area contributed by atoms with Crippen LogP contribution in [0.2, 0.25) is 0 Å². The van der Waals surface area contributed by atoms with E-state index >= 15 is 0 Å². The minimum atomic E-state index is -0.141. The van der Waals surface area contributed by atoms with E-state index in [0.29, 0.717) is 12.3 Å². The van der Waals surface area contributed by atoms with Crippen LogP contribution in [0.3, 0.4) is 0 Å². The van der Waals surface area contributed by atoms with Gasteiger partial charge in [0.25, 0.3) is 0 Å². The zero-order chi connectivity index (χ0) is 23.2. The molecule has 1 aliphatic carbocycles. The molecule has 0 aromatic heterocycles. The summed E-state index contributed by atoms with van der Waals surface area (Å²) in [4.78, 5) is 17.9. The number of Topliss-reactive ketones (excluding diaryl/α,β-unsaturated/α-hetero) is 1. The smallest absolute Gasteiger partial charge is 0.145 e. The van der Waals surface area contributed by atoms with E-state index in [1.165, 1.54) is 11.1 Å². The van der Waals surface area contributed by atoms with Gasteiger partial charge in [0.1, 0.15) is 11.6 Å². The number of amidine groups is 1. The Balaban J connectivity index is 2.40. The normalized spacial score (nSPS) is 18.2. The number of carbonyl (C=O) groups is 1.